The molecule has 2 N–H and O–H groups in total. The summed E-state index contributed by atoms with van der Waals surface area (Å²) in [6.45, 7) is 5.28. The van der Waals surface area contributed by atoms with Crippen molar-refractivity contribution in [3.8, 4) is 0 Å². The number of benzene rings is 1. The van der Waals surface area contributed by atoms with E-state index < -0.39 is 0 Å². The lowest BCUT2D eigenvalue weighted by Gasteiger charge is -2.12. The first-order valence-electron chi connectivity index (χ1n) is 6.56. The lowest BCUT2D eigenvalue weighted by molar-refractivity contribution is 0.546. The molecule has 0 amide bonds. The van der Waals surface area contributed by atoms with Crippen molar-refractivity contribution in [3.05, 3.63) is 36.0 Å². The molecule has 0 aliphatic rings. The van der Waals surface area contributed by atoms with E-state index in [9.17, 15) is 0 Å². The van der Waals surface area contributed by atoms with Crippen molar-refractivity contribution in [2.75, 3.05) is 6.54 Å². The van der Waals surface area contributed by atoms with E-state index in [1.165, 1.54) is 16.5 Å². The van der Waals surface area contributed by atoms with Crippen molar-refractivity contribution in [1.29, 1.82) is 0 Å². The van der Waals surface area contributed by atoms with Crippen molar-refractivity contribution in [1.82, 2.24) is 4.57 Å². The van der Waals surface area contributed by atoms with Crippen LogP contribution in [0.15, 0.2) is 30.5 Å². The van der Waals surface area contributed by atoms with E-state index in [1.807, 2.05) is 0 Å². The van der Waals surface area contributed by atoms with Crippen molar-refractivity contribution in [2.24, 2.45) is 5.73 Å². The van der Waals surface area contributed by atoms with Crippen LogP contribution in [0.3, 0.4) is 0 Å². The maximum Gasteiger partial charge on any atom is 0.0485 e. The van der Waals surface area contributed by atoms with Gasteiger partial charge in [-0.05, 0) is 44.4 Å². The summed E-state index contributed by atoms with van der Waals surface area (Å²) in [5.41, 5.74) is 8.40. The Balaban J connectivity index is 2.46. The summed E-state index contributed by atoms with van der Waals surface area (Å²) < 4.78 is 2.40. The molecule has 1 unspecified atom stereocenters. The van der Waals surface area contributed by atoms with Crippen LogP contribution in [-0.2, 0) is 6.42 Å². The predicted molar refractivity (Wildman–Crippen MR) is 74.3 cm³/mol. The van der Waals surface area contributed by atoms with Gasteiger partial charge in [0.15, 0.2) is 0 Å². The van der Waals surface area contributed by atoms with Crippen molar-refractivity contribution < 1.29 is 0 Å². The van der Waals surface area contributed by atoms with Crippen LogP contribution in [-0.4, -0.2) is 11.1 Å². The molecule has 2 rings (SSSR count). The molecule has 17 heavy (non-hydrogen) atoms. The Morgan fingerprint density at radius 2 is 2.06 bits per heavy atom. The normalized spacial score (nSPS) is 13.1. The Morgan fingerprint density at radius 1 is 1.29 bits per heavy atom. The SMILES string of the molecule is CCC(C)n1cc(CCCN)c2ccccc21. The monoisotopic (exact) mass is 230 g/mol. The zero-order valence-electron chi connectivity index (χ0n) is 10.8. The summed E-state index contributed by atoms with van der Waals surface area (Å²) in [4.78, 5) is 0. The van der Waals surface area contributed by atoms with Crippen molar-refractivity contribution in [3.63, 3.8) is 0 Å². The van der Waals surface area contributed by atoms with Crippen molar-refractivity contribution in [2.45, 2.75) is 39.2 Å². The van der Waals surface area contributed by atoms with Gasteiger partial charge in [-0.1, -0.05) is 25.1 Å². The van der Waals surface area contributed by atoms with Gasteiger partial charge in [0.05, 0.1) is 0 Å². The second-order valence-electron chi connectivity index (χ2n) is 4.73. The molecule has 1 aromatic heterocycles. The molecule has 0 bridgehead atoms. The average molecular weight is 230 g/mol. The van der Waals surface area contributed by atoms with Gasteiger partial charge in [0.1, 0.15) is 0 Å². The predicted octanol–water partition coefficient (Wildman–Crippen LogP) is 3.50. The fourth-order valence-electron chi connectivity index (χ4n) is 2.33. The summed E-state index contributed by atoms with van der Waals surface area (Å²) in [6.07, 6.45) is 5.62. The van der Waals surface area contributed by atoms with Gasteiger partial charge in [0.2, 0.25) is 0 Å². The number of nitrogens with zero attached hydrogens (tertiary/aromatic N) is 1. The highest BCUT2D eigenvalue weighted by Crippen LogP contribution is 2.26. The highest BCUT2D eigenvalue weighted by atomic mass is 15.0. The van der Waals surface area contributed by atoms with E-state index in [4.69, 9.17) is 5.73 Å². The number of aromatic nitrogens is 1. The molecular weight excluding hydrogens is 208 g/mol. The van der Waals surface area contributed by atoms with E-state index in [1.54, 1.807) is 0 Å². The minimum absolute atomic E-state index is 0.562. The zero-order valence-corrected chi connectivity index (χ0v) is 10.8. The van der Waals surface area contributed by atoms with Gasteiger partial charge in [0, 0.05) is 23.1 Å². The van der Waals surface area contributed by atoms with Gasteiger partial charge >= 0.3 is 0 Å². The maximum absolute atomic E-state index is 5.61. The van der Waals surface area contributed by atoms with Gasteiger partial charge in [-0.2, -0.15) is 0 Å². The third kappa shape index (κ3) is 2.37. The molecule has 92 valence electrons. The number of nitrogens with two attached hydrogens (primary N) is 1. The Kier molecular flexibility index (Phi) is 3.85. The van der Waals surface area contributed by atoms with Crippen LogP contribution < -0.4 is 5.73 Å². The topological polar surface area (TPSA) is 30.9 Å². The quantitative estimate of drug-likeness (QED) is 0.837. The van der Waals surface area contributed by atoms with Gasteiger partial charge in [-0.15, -0.1) is 0 Å². The highest BCUT2D eigenvalue weighted by molar-refractivity contribution is 5.84. The molecule has 0 fully saturated rings. The third-order valence-corrected chi connectivity index (χ3v) is 3.54. The molecule has 0 saturated carbocycles. The Morgan fingerprint density at radius 3 is 2.76 bits per heavy atom. The molecular formula is C15H22N2. The molecule has 2 nitrogen and oxygen atoms in total. The number of rotatable bonds is 5. The first-order chi connectivity index (χ1) is 8.27. The summed E-state index contributed by atoms with van der Waals surface area (Å²) in [5, 5.41) is 1.39. The lowest BCUT2D eigenvalue weighted by Crippen LogP contribution is -2.02. The van der Waals surface area contributed by atoms with E-state index in [0.717, 1.165) is 25.8 Å². The van der Waals surface area contributed by atoms with Gasteiger partial charge in [-0.3, -0.25) is 0 Å². The van der Waals surface area contributed by atoms with Crippen molar-refractivity contribution >= 4 is 10.9 Å². The van der Waals surface area contributed by atoms with Crippen LogP contribution in [0.5, 0.6) is 0 Å². The number of fused-ring (bicyclic) bond motifs is 1. The fraction of sp³-hybridized carbons (Fsp3) is 0.467. The molecule has 0 radical (unpaired) electrons. The molecule has 1 heterocycles. The van der Waals surface area contributed by atoms with Crippen LogP contribution in [0, 0.1) is 0 Å². The van der Waals surface area contributed by atoms with Gasteiger partial charge < -0.3 is 10.3 Å². The van der Waals surface area contributed by atoms with Crippen LogP contribution in [0.25, 0.3) is 10.9 Å². The summed E-state index contributed by atoms with van der Waals surface area (Å²) >= 11 is 0. The molecule has 0 spiro atoms. The molecule has 0 saturated heterocycles. The molecule has 2 aromatic rings. The smallest absolute Gasteiger partial charge is 0.0485 e. The second-order valence-corrected chi connectivity index (χ2v) is 4.73. The molecule has 0 aliphatic heterocycles. The molecule has 1 atom stereocenters. The first-order valence-corrected chi connectivity index (χ1v) is 6.56. The van der Waals surface area contributed by atoms with Crippen LogP contribution in [0.4, 0.5) is 0 Å². The standard InChI is InChI=1S/C15H22N2/c1-3-12(2)17-11-13(7-6-10-16)14-8-4-5-9-15(14)17/h4-5,8-9,11-12H,3,6-7,10,16H2,1-2H3. The van der Waals surface area contributed by atoms with Crippen LogP contribution >= 0.6 is 0 Å². The average Bonchev–Trinajstić information content (AvgIpc) is 2.74. The minimum atomic E-state index is 0.562. The summed E-state index contributed by atoms with van der Waals surface area (Å²) in [5.74, 6) is 0. The Bertz CT molecular complexity index is 485. The Labute approximate surface area is 103 Å². The van der Waals surface area contributed by atoms with Crippen LogP contribution in [0.2, 0.25) is 0 Å². The fourth-order valence-corrected chi connectivity index (χ4v) is 2.33. The van der Waals surface area contributed by atoms with Crippen LogP contribution in [0.1, 0.15) is 38.3 Å². The van der Waals surface area contributed by atoms with E-state index in [0.29, 0.717) is 6.04 Å². The molecule has 2 heteroatoms. The molecule has 0 aliphatic carbocycles. The van der Waals surface area contributed by atoms with E-state index >= 15 is 0 Å². The third-order valence-electron chi connectivity index (χ3n) is 3.54. The number of hydrogen-bond donors (Lipinski definition) is 1. The number of hydrogen-bond acceptors (Lipinski definition) is 1. The van der Waals surface area contributed by atoms with Gasteiger partial charge in [0.25, 0.3) is 0 Å². The summed E-state index contributed by atoms with van der Waals surface area (Å²) in [6, 6.07) is 9.24. The van der Waals surface area contributed by atoms with E-state index in [2.05, 4.69) is 48.9 Å². The molecule has 1 aromatic carbocycles. The largest absolute Gasteiger partial charge is 0.344 e. The number of para-hydroxylation sites is 1. The zero-order chi connectivity index (χ0) is 12.3. The van der Waals surface area contributed by atoms with E-state index in [-0.39, 0.29) is 0 Å². The maximum atomic E-state index is 5.61. The Hall–Kier alpha value is -1.28. The lowest BCUT2D eigenvalue weighted by atomic mass is 10.1. The number of aryl methyl sites for hydroxylation is 1. The second kappa shape index (κ2) is 5.37. The van der Waals surface area contributed by atoms with Gasteiger partial charge in [-0.25, -0.2) is 0 Å². The summed E-state index contributed by atoms with van der Waals surface area (Å²) in [7, 11) is 0. The minimum Gasteiger partial charge on any atom is -0.344 e. The first kappa shape index (κ1) is 12.2. The highest BCUT2D eigenvalue weighted by Gasteiger charge is 2.10.